The molecule has 0 spiro atoms. The van der Waals surface area contributed by atoms with Gasteiger partial charge in [-0.25, -0.2) is 0 Å². The Morgan fingerprint density at radius 2 is 1.86 bits per heavy atom. The Kier molecular flexibility index (Phi) is 7.00. The highest BCUT2D eigenvalue weighted by Gasteiger charge is 2.18. The number of aryl methyl sites for hydroxylation is 2. The van der Waals surface area contributed by atoms with E-state index >= 15 is 0 Å². The fourth-order valence-electron chi connectivity index (χ4n) is 2.41. The van der Waals surface area contributed by atoms with Crippen LogP contribution in [-0.2, 0) is 4.79 Å². The van der Waals surface area contributed by atoms with E-state index in [0.29, 0.717) is 20.8 Å². The summed E-state index contributed by atoms with van der Waals surface area (Å²) >= 11 is 2.53. The van der Waals surface area contributed by atoms with Crippen LogP contribution in [0.3, 0.4) is 0 Å². The Morgan fingerprint density at radius 1 is 1.10 bits per heavy atom. The van der Waals surface area contributed by atoms with Crippen LogP contribution in [0.25, 0.3) is 0 Å². The average Bonchev–Trinajstić information content (AvgIpc) is 3.16. The standard InChI is InChI=1S/C21H21N3O3S2/c1-13-9-10-17(11-14(13)2)27-15(3)19(26)22-20-23-24-21(29-20)28-12-18(25)16-7-5-4-6-8-16/h4-11,15H,12H2,1-3H3,(H,22,23,26)/t15-/m1/s1. The van der Waals surface area contributed by atoms with E-state index in [-0.39, 0.29) is 17.4 Å². The summed E-state index contributed by atoms with van der Waals surface area (Å²) in [6.07, 6.45) is -0.684. The molecule has 0 aliphatic heterocycles. The highest BCUT2D eigenvalue weighted by atomic mass is 32.2. The number of ketones is 1. The molecule has 3 rings (SSSR count). The minimum absolute atomic E-state index is 0.0202. The number of thioether (sulfide) groups is 1. The monoisotopic (exact) mass is 427 g/mol. The van der Waals surface area contributed by atoms with Crippen LogP contribution in [0, 0.1) is 13.8 Å². The van der Waals surface area contributed by atoms with Gasteiger partial charge in [0.05, 0.1) is 5.75 Å². The number of Topliss-reactive ketones (excluding diaryl/α,β-unsaturated/α-hetero) is 1. The minimum atomic E-state index is -0.684. The zero-order valence-corrected chi connectivity index (χ0v) is 18.0. The van der Waals surface area contributed by atoms with Gasteiger partial charge >= 0.3 is 0 Å². The SMILES string of the molecule is Cc1ccc(O[C@H](C)C(=O)Nc2nnc(SCC(=O)c3ccccc3)s2)cc1C. The van der Waals surface area contributed by atoms with Crippen LogP contribution in [0.2, 0.25) is 0 Å². The summed E-state index contributed by atoms with van der Waals surface area (Å²) in [6, 6.07) is 14.8. The van der Waals surface area contributed by atoms with Gasteiger partial charge < -0.3 is 4.74 Å². The van der Waals surface area contributed by atoms with Gasteiger partial charge in [-0.1, -0.05) is 59.5 Å². The van der Waals surface area contributed by atoms with E-state index in [1.807, 2.05) is 50.2 Å². The van der Waals surface area contributed by atoms with Gasteiger partial charge in [-0.3, -0.25) is 14.9 Å². The molecule has 0 saturated heterocycles. The van der Waals surface area contributed by atoms with Crippen molar-refractivity contribution in [3.63, 3.8) is 0 Å². The van der Waals surface area contributed by atoms with Gasteiger partial charge in [0.2, 0.25) is 5.13 Å². The van der Waals surface area contributed by atoms with Crippen molar-refractivity contribution < 1.29 is 14.3 Å². The van der Waals surface area contributed by atoms with E-state index in [4.69, 9.17) is 4.74 Å². The topological polar surface area (TPSA) is 81.2 Å². The number of nitrogens with one attached hydrogen (secondary N) is 1. The lowest BCUT2D eigenvalue weighted by molar-refractivity contribution is -0.122. The molecule has 1 N–H and O–H groups in total. The molecule has 1 heterocycles. The summed E-state index contributed by atoms with van der Waals surface area (Å²) in [5, 5.41) is 11.1. The number of anilines is 1. The fourth-order valence-corrected chi connectivity index (χ4v) is 4.05. The van der Waals surface area contributed by atoms with Crippen LogP contribution in [0.15, 0.2) is 52.9 Å². The minimum Gasteiger partial charge on any atom is -0.481 e. The number of hydrogen-bond acceptors (Lipinski definition) is 7. The molecule has 1 amide bonds. The van der Waals surface area contributed by atoms with Crippen LogP contribution in [0.4, 0.5) is 5.13 Å². The number of amides is 1. The van der Waals surface area contributed by atoms with E-state index in [9.17, 15) is 9.59 Å². The Bertz CT molecular complexity index is 1010. The highest BCUT2D eigenvalue weighted by Crippen LogP contribution is 2.26. The number of hydrogen-bond donors (Lipinski definition) is 1. The summed E-state index contributed by atoms with van der Waals surface area (Å²) in [6.45, 7) is 5.70. The van der Waals surface area contributed by atoms with Gasteiger partial charge in [-0.15, -0.1) is 10.2 Å². The molecule has 0 bridgehead atoms. The Balaban J connectivity index is 1.51. The molecular formula is C21H21N3O3S2. The molecule has 1 atom stereocenters. The van der Waals surface area contributed by atoms with Crippen LogP contribution >= 0.6 is 23.1 Å². The Labute approximate surface area is 177 Å². The summed E-state index contributed by atoms with van der Waals surface area (Å²) in [5.74, 6) is 0.616. The van der Waals surface area contributed by atoms with Crippen molar-refractivity contribution >= 4 is 39.9 Å². The van der Waals surface area contributed by atoms with Gasteiger partial charge in [-0.05, 0) is 44.0 Å². The summed E-state index contributed by atoms with van der Waals surface area (Å²) < 4.78 is 6.33. The molecule has 0 aliphatic rings. The summed E-state index contributed by atoms with van der Waals surface area (Å²) in [4.78, 5) is 24.5. The number of carbonyl (C=O) groups excluding carboxylic acids is 2. The van der Waals surface area contributed by atoms with Crippen LogP contribution in [0.5, 0.6) is 5.75 Å². The first-order valence-electron chi connectivity index (χ1n) is 9.01. The fraction of sp³-hybridized carbons (Fsp3) is 0.238. The molecule has 29 heavy (non-hydrogen) atoms. The maximum atomic E-state index is 12.4. The van der Waals surface area contributed by atoms with E-state index in [0.717, 1.165) is 5.56 Å². The van der Waals surface area contributed by atoms with Gasteiger partial charge in [0.1, 0.15) is 5.75 Å². The normalized spacial score (nSPS) is 11.7. The molecule has 8 heteroatoms. The smallest absolute Gasteiger partial charge is 0.266 e. The number of rotatable bonds is 8. The van der Waals surface area contributed by atoms with E-state index in [2.05, 4.69) is 15.5 Å². The van der Waals surface area contributed by atoms with Crippen molar-refractivity contribution in [3.05, 3.63) is 65.2 Å². The molecule has 0 aliphatic carbocycles. The van der Waals surface area contributed by atoms with Gasteiger partial charge in [0, 0.05) is 5.56 Å². The molecule has 0 unspecified atom stereocenters. The zero-order chi connectivity index (χ0) is 20.8. The molecule has 2 aromatic carbocycles. The third-order valence-electron chi connectivity index (χ3n) is 4.22. The molecular weight excluding hydrogens is 406 g/mol. The van der Waals surface area contributed by atoms with Crippen molar-refractivity contribution in [3.8, 4) is 5.75 Å². The maximum Gasteiger partial charge on any atom is 0.266 e. The molecule has 0 saturated carbocycles. The second-order valence-corrected chi connectivity index (χ2v) is 8.65. The molecule has 3 aromatic rings. The Morgan fingerprint density at radius 3 is 2.59 bits per heavy atom. The molecule has 0 radical (unpaired) electrons. The van der Waals surface area contributed by atoms with Crippen LogP contribution in [-0.4, -0.2) is 33.7 Å². The number of ether oxygens (including phenoxy) is 1. The Hall–Kier alpha value is -2.71. The van der Waals surface area contributed by atoms with Crippen molar-refractivity contribution in [2.75, 3.05) is 11.1 Å². The third-order valence-corrected chi connectivity index (χ3v) is 6.19. The van der Waals surface area contributed by atoms with Crippen LogP contribution < -0.4 is 10.1 Å². The second kappa shape index (κ2) is 9.67. The van der Waals surface area contributed by atoms with Crippen molar-refractivity contribution in [1.29, 1.82) is 0 Å². The molecule has 0 fully saturated rings. The molecule has 1 aromatic heterocycles. The van der Waals surface area contributed by atoms with E-state index in [1.165, 1.54) is 28.7 Å². The van der Waals surface area contributed by atoms with Crippen molar-refractivity contribution in [2.24, 2.45) is 0 Å². The average molecular weight is 428 g/mol. The number of aromatic nitrogens is 2. The van der Waals surface area contributed by atoms with Gasteiger partial charge in [-0.2, -0.15) is 0 Å². The lowest BCUT2D eigenvalue weighted by Crippen LogP contribution is -2.30. The van der Waals surface area contributed by atoms with Crippen molar-refractivity contribution in [2.45, 2.75) is 31.2 Å². The summed E-state index contributed by atoms with van der Waals surface area (Å²) in [5.41, 5.74) is 2.93. The van der Waals surface area contributed by atoms with E-state index < -0.39 is 6.10 Å². The summed E-state index contributed by atoms with van der Waals surface area (Å²) in [7, 11) is 0. The van der Waals surface area contributed by atoms with Gasteiger partial charge in [0.25, 0.3) is 5.91 Å². The lowest BCUT2D eigenvalue weighted by Gasteiger charge is -2.14. The number of nitrogens with zero attached hydrogens (tertiary/aromatic N) is 2. The predicted octanol–water partition coefficient (Wildman–Crippen LogP) is 4.54. The lowest BCUT2D eigenvalue weighted by atomic mass is 10.1. The first-order valence-corrected chi connectivity index (χ1v) is 10.8. The largest absolute Gasteiger partial charge is 0.481 e. The molecule has 150 valence electrons. The zero-order valence-electron chi connectivity index (χ0n) is 16.3. The number of carbonyl (C=O) groups is 2. The quantitative estimate of drug-likeness (QED) is 0.323. The first kappa shape index (κ1) is 21.0. The maximum absolute atomic E-state index is 12.4. The van der Waals surface area contributed by atoms with Gasteiger partial charge in [0.15, 0.2) is 16.2 Å². The number of benzene rings is 2. The first-order chi connectivity index (χ1) is 13.9. The van der Waals surface area contributed by atoms with Crippen molar-refractivity contribution in [1.82, 2.24) is 10.2 Å². The third kappa shape index (κ3) is 5.88. The second-order valence-electron chi connectivity index (χ2n) is 6.45. The predicted molar refractivity (Wildman–Crippen MR) is 116 cm³/mol. The van der Waals surface area contributed by atoms with Crippen LogP contribution in [0.1, 0.15) is 28.4 Å². The molecule has 6 nitrogen and oxygen atoms in total. The van der Waals surface area contributed by atoms with E-state index in [1.54, 1.807) is 19.1 Å². The highest BCUT2D eigenvalue weighted by molar-refractivity contribution is 8.01.